The van der Waals surface area contributed by atoms with Crippen LogP contribution in [0.25, 0.3) is 0 Å². The molecular weight excluding hydrogens is 258 g/mol. The maximum Gasteiger partial charge on any atom is 0.390 e. The van der Waals surface area contributed by atoms with Crippen molar-refractivity contribution in [2.45, 2.75) is 32.1 Å². The lowest BCUT2D eigenvalue weighted by atomic mass is 10.2. The van der Waals surface area contributed by atoms with E-state index in [2.05, 4.69) is 5.32 Å². The average Bonchev–Trinajstić information content (AvgIpc) is 2.17. The van der Waals surface area contributed by atoms with Gasteiger partial charge in [-0.15, -0.1) is 0 Å². The number of alkyl halides is 3. The largest absolute Gasteiger partial charge is 0.390 e. The predicted octanol–water partition coefficient (Wildman–Crippen LogP) is 3.91. The summed E-state index contributed by atoms with van der Waals surface area (Å²) in [7, 11) is 0. The molecule has 1 aromatic rings. The van der Waals surface area contributed by atoms with Crippen molar-refractivity contribution >= 4 is 11.6 Å². The minimum atomic E-state index is -4.22. The van der Waals surface area contributed by atoms with Crippen LogP contribution in [-0.2, 0) is 6.54 Å². The highest BCUT2D eigenvalue weighted by molar-refractivity contribution is 6.30. The Bertz CT molecular complexity index is 378. The fraction of sp³-hybridized carbons (Fsp3) is 0.455. The van der Waals surface area contributed by atoms with Crippen LogP contribution in [0.4, 0.5) is 17.6 Å². The molecule has 0 fully saturated rings. The molecule has 0 spiro atoms. The van der Waals surface area contributed by atoms with Crippen LogP contribution in [0.2, 0.25) is 5.02 Å². The Morgan fingerprint density at radius 3 is 2.59 bits per heavy atom. The summed E-state index contributed by atoms with van der Waals surface area (Å²) in [6, 6.07) is 3.20. The first-order valence-corrected chi connectivity index (χ1v) is 5.40. The predicted molar refractivity (Wildman–Crippen MR) is 58.4 cm³/mol. The molecule has 0 bridgehead atoms. The summed E-state index contributed by atoms with van der Waals surface area (Å²) in [5.74, 6) is -0.485. The van der Waals surface area contributed by atoms with Crippen molar-refractivity contribution in [3.8, 4) is 0 Å². The van der Waals surface area contributed by atoms with E-state index < -0.39 is 24.5 Å². The van der Waals surface area contributed by atoms with E-state index in [1.807, 2.05) is 0 Å². The van der Waals surface area contributed by atoms with Crippen molar-refractivity contribution in [2.24, 2.45) is 0 Å². The maximum absolute atomic E-state index is 13.2. The normalized spacial score (nSPS) is 13.8. The Balaban J connectivity index is 2.53. The number of hydrogen-bond acceptors (Lipinski definition) is 1. The van der Waals surface area contributed by atoms with Gasteiger partial charge in [0.05, 0.1) is 6.42 Å². The lowest BCUT2D eigenvalue weighted by Gasteiger charge is -2.16. The summed E-state index contributed by atoms with van der Waals surface area (Å²) in [6.45, 7) is 1.42. The quantitative estimate of drug-likeness (QED) is 0.817. The summed E-state index contributed by atoms with van der Waals surface area (Å²) < 4.78 is 49.4. The van der Waals surface area contributed by atoms with Crippen LogP contribution in [0.15, 0.2) is 18.2 Å². The lowest BCUT2D eigenvalue weighted by molar-refractivity contribution is -0.139. The lowest BCUT2D eigenvalue weighted by Crippen LogP contribution is -2.30. The van der Waals surface area contributed by atoms with E-state index in [1.165, 1.54) is 25.1 Å². The van der Waals surface area contributed by atoms with E-state index in [1.54, 1.807) is 0 Å². The fourth-order valence-electron chi connectivity index (χ4n) is 1.38. The van der Waals surface area contributed by atoms with E-state index in [4.69, 9.17) is 11.6 Å². The molecule has 1 nitrogen and oxygen atoms in total. The van der Waals surface area contributed by atoms with E-state index in [9.17, 15) is 17.6 Å². The molecule has 0 saturated carbocycles. The summed E-state index contributed by atoms with van der Waals surface area (Å²) in [6.07, 6.45) is -5.17. The number of hydrogen-bond donors (Lipinski definition) is 1. The minimum absolute atomic E-state index is 0.0175. The number of rotatable bonds is 4. The van der Waals surface area contributed by atoms with Gasteiger partial charge >= 0.3 is 6.18 Å². The van der Waals surface area contributed by atoms with Gasteiger partial charge in [0.25, 0.3) is 0 Å². The fourth-order valence-corrected chi connectivity index (χ4v) is 1.58. The first-order valence-electron chi connectivity index (χ1n) is 5.02. The molecule has 96 valence electrons. The molecule has 1 atom stereocenters. The van der Waals surface area contributed by atoms with Crippen molar-refractivity contribution in [1.82, 2.24) is 5.32 Å². The van der Waals surface area contributed by atoms with Gasteiger partial charge in [0.15, 0.2) is 0 Å². The van der Waals surface area contributed by atoms with Gasteiger partial charge in [-0.1, -0.05) is 11.6 Å². The molecule has 0 amide bonds. The zero-order valence-electron chi connectivity index (χ0n) is 9.11. The topological polar surface area (TPSA) is 12.0 Å². The molecular formula is C11H12ClF4N. The third kappa shape index (κ3) is 5.37. The highest BCUT2D eigenvalue weighted by Crippen LogP contribution is 2.21. The summed E-state index contributed by atoms with van der Waals surface area (Å²) >= 11 is 5.66. The van der Waals surface area contributed by atoms with Crippen LogP contribution in [0.5, 0.6) is 0 Å². The molecule has 1 aromatic carbocycles. The third-order valence-corrected chi connectivity index (χ3v) is 2.42. The molecule has 1 N–H and O–H groups in total. The van der Waals surface area contributed by atoms with Gasteiger partial charge in [-0.25, -0.2) is 4.39 Å². The van der Waals surface area contributed by atoms with Crippen molar-refractivity contribution in [2.75, 3.05) is 0 Å². The number of halogens is 5. The van der Waals surface area contributed by atoms with Gasteiger partial charge in [-0.05, 0) is 25.1 Å². The standard InChI is InChI=1S/C11H12ClF4N/c1-7(5-11(14,15)16)17-6-8-4-9(12)2-3-10(8)13/h2-4,7,17H,5-6H2,1H3. The van der Waals surface area contributed by atoms with Gasteiger partial charge in [0, 0.05) is 23.2 Å². The second-order valence-corrected chi connectivity index (χ2v) is 4.27. The molecule has 0 aliphatic heterocycles. The SMILES string of the molecule is CC(CC(F)(F)F)NCc1cc(Cl)ccc1F. The summed E-state index contributed by atoms with van der Waals surface area (Å²) in [4.78, 5) is 0. The van der Waals surface area contributed by atoms with Gasteiger partial charge in [-0.3, -0.25) is 0 Å². The molecule has 0 aromatic heterocycles. The first-order chi connectivity index (χ1) is 7.78. The molecule has 1 unspecified atom stereocenters. The van der Waals surface area contributed by atoms with Crippen molar-refractivity contribution in [1.29, 1.82) is 0 Å². The molecule has 0 saturated heterocycles. The highest BCUT2D eigenvalue weighted by atomic mass is 35.5. The van der Waals surface area contributed by atoms with Gasteiger partial charge < -0.3 is 5.32 Å². The number of nitrogens with one attached hydrogen (secondary N) is 1. The zero-order chi connectivity index (χ0) is 13.1. The summed E-state index contributed by atoms with van der Waals surface area (Å²) in [5.41, 5.74) is 0.256. The van der Waals surface area contributed by atoms with E-state index >= 15 is 0 Å². The Hall–Kier alpha value is -0.810. The van der Waals surface area contributed by atoms with Crippen LogP contribution >= 0.6 is 11.6 Å². The molecule has 0 aliphatic rings. The highest BCUT2D eigenvalue weighted by Gasteiger charge is 2.29. The second kappa shape index (κ2) is 5.69. The Morgan fingerprint density at radius 1 is 1.35 bits per heavy atom. The minimum Gasteiger partial charge on any atom is -0.310 e. The zero-order valence-corrected chi connectivity index (χ0v) is 9.87. The number of benzene rings is 1. The van der Waals surface area contributed by atoms with Gasteiger partial charge in [0.2, 0.25) is 0 Å². The molecule has 0 radical (unpaired) electrons. The molecule has 6 heteroatoms. The van der Waals surface area contributed by atoms with Crippen LogP contribution in [0, 0.1) is 5.82 Å². The average molecular weight is 270 g/mol. The van der Waals surface area contributed by atoms with E-state index in [-0.39, 0.29) is 12.1 Å². The molecule has 0 aliphatic carbocycles. The smallest absolute Gasteiger partial charge is 0.310 e. The van der Waals surface area contributed by atoms with E-state index in [0.29, 0.717) is 5.02 Å². The maximum atomic E-state index is 13.2. The first kappa shape index (κ1) is 14.3. The Labute approximate surface area is 102 Å². The Kier molecular flexibility index (Phi) is 4.77. The molecule has 0 heterocycles. The molecule has 1 rings (SSSR count). The monoisotopic (exact) mass is 269 g/mol. The Morgan fingerprint density at radius 2 is 2.00 bits per heavy atom. The van der Waals surface area contributed by atoms with Crippen LogP contribution in [0.1, 0.15) is 18.9 Å². The van der Waals surface area contributed by atoms with Gasteiger partial charge in [-0.2, -0.15) is 13.2 Å². The molecule has 17 heavy (non-hydrogen) atoms. The second-order valence-electron chi connectivity index (χ2n) is 3.84. The third-order valence-electron chi connectivity index (χ3n) is 2.19. The van der Waals surface area contributed by atoms with Gasteiger partial charge in [0.1, 0.15) is 5.82 Å². The van der Waals surface area contributed by atoms with Crippen LogP contribution in [-0.4, -0.2) is 12.2 Å². The van der Waals surface area contributed by atoms with Crippen molar-refractivity contribution < 1.29 is 17.6 Å². The van der Waals surface area contributed by atoms with Crippen molar-refractivity contribution in [3.05, 3.63) is 34.6 Å². The van der Waals surface area contributed by atoms with E-state index in [0.717, 1.165) is 0 Å². The van der Waals surface area contributed by atoms with Crippen LogP contribution in [0.3, 0.4) is 0 Å². The van der Waals surface area contributed by atoms with Crippen molar-refractivity contribution in [3.63, 3.8) is 0 Å². The summed E-state index contributed by atoms with van der Waals surface area (Å²) in [5, 5.41) is 2.96. The van der Waals surface area contributed by atoms with Crippen LogP contribution < -0.4 is 5.32 Å².